The Morgan fingerprint density at radius 1 is 0.443 bits per heavy atom. The summed E-state index contributed by atoms with van der Waals surface area (Å²) in [6.45, 7) is 1.52. The number of rotatable bonds is 40. The zero-order valence-electron chi connectivity index (χ0n) is 64.1. The highest BCUT2D eigenvalue weighted by atomic mass is 28.4. The van der Waals surface area contributed by atoms with Crippen molar-refractivity contribution in [2.45, 2.75) is 112 Å². The number of benzene rings is 3. The van der Waals surface area contributed by atoms with Crippen LogP contribution in [0.15, 0.2) is 107 Å². The molecule has 0 bridgehead atoms. The molecular formula is C67H95N27O18Si3-6. The molecule has 48 heteroatoms. The van der Waals surface area contributed by atoms with E-state index in [4.69, 9.17) is 50.7 Å². The lowest BCUT2D eigenvalue weighted by molar-refractivity contribution is -0.405. The highest BCUT2D eigenvalue weighted by molar-refractivity contribution is 6.54. The predicted molar refractivity (Wildman–Crippen MR) is 418 cm³/mol. The van der Waals surface area contributed by atoms with E-state index in [-0.39, 0.29) is 115 Å². The van der Waals surface area contributed by atoms with Crippen molar-refractivity contribution in [1.82, 2.24) is 58.6 Å². The number of nitrogens with zero attached hydrogens (tertiary/aromatic N) is 15. The molecule has 6 aromatic heterocycles. The summed E-state index contributed by atoms with van der Waals surface area (Å²) in [4.78, 5) is 107. The van der Waals surface area contributed by atoms with E-state index < -0.39 is 44.7 Å². The average molecular weight is 1650 g/mol. The minimum Gasteiger partial charge on any atom is -0.849 e. The van der Waals surface area contributed by atoms with Crippen molar-refractivity contribution in [3.05, 3.63) is 108 Å². The zero-order chi connectivity index (χ0) is 82.1. The Labute approximate surface area is 663 Å². The van der Waals surface area contributed by atoms with Crippen molar-refractivity contribution in [3.63, 3.8) is 0 Å². The summed E-state index contributed by atoms with van der Waals surface area (Å²) in [6, 6.07) is 23.3. The maximum absolute atomic E-state index is 11.5. The van der Waals surface area contributed by atoms with E-state index in [0.717, 1.165) is 70.7 Å². The van der Waals surface area contributed by atoms with Gasteiger partial charge in [-0.3, -0.25) is 16.3 Å². The van der Waals surface area contributed by atoms with Gasteiger partial charge < -0.3 is 115 Å². The van der Waals surface area contributed by atoms with Crippen molar-refractivity contribution in [1.29, 1.82) is 0 Å². The Hall–Kier alpha value is -9.67. The monoisotopic (exact) mass is 1650 g/mol. The van der Waals surface area contributed by atoms with Crippen molar-refractivity contribution >= 4 is 131 Å². The van der Waals surface area contributed by atoms with Crippen LogP contribution in [0.4, 0.5) is 53.5 Å². The summed E-state index contributed by atoms with van der Waals surface area (Å²) in [5.74, 6) is 17.7. The Bertz CT molecular complexity index is 4640. The molecule has 45 nitrogen and oxygen atoms in total. The number of nitrogen functional groups attached to an aromatic ring is 3. The van der Waals surface area contributed by atoms with Crippen LogP contribution in [0.2, 0.25) is 18.1 Å². The Morgan fingerprint density at radius 2 is 0.748 bits per heavy atom. The van der Waals surface area contributed by atoms with Gasteiger partial charge in [0, 0.05) is 140 Å². The smallest absolute Gasteiger partial charge is 0.250 e. The molecule has 3 aliphatic heterocycles. The molecule has 9 atom stereocenters. The number of aliphatic hydroxyl groups excluding tert-OH is 2. The van der Waals surface area contributed by atoms with Crippen LogP contribution in [0.1, 0.15) is 73.9 Å². The lowest BCUT2D eigenvalue weighted by Crippen LogP contribution is -2.64. The van der Waals surface area contributed by atoms with E-state index in [1.807, 2.05) is 101 Å². The topological polar surface area (TPSA) is 625 Å². The molecule has 3 aromatic carbocycles. The first kappa shape index (κ1) is 87.7. The maximum atomic E-state index is 11.5. The number of anilines is 9. The van der Waals surface area contributed by atoms with E-state index in [0.29, 0.717) is 71.4 Å². The quantitative estimate of drug-likeness (QED) is 0.00622. The second kappa shape index (κ2) is 42.3. The second-order valence-electron chi connectivity index (χ2n) is 26.0. The summed E-state index contributed by atoms with van der Waals surface area (Å²) < 4.78 is 59.4. The molecule has 9 heterocycles. The van der Waals surface area contributed by atoms with Gasteiger partial charge in [-0.25, -0.2) is 33.8 Å². The number of hydrazone groups is 3. The summed E-state index contributed by atoms with van der Waals surface area (Å²) >= 11 is 0. The van der Waals surface area contributed by atoms with Gasteiger partial charge in [-0.05, 0) is 63.9 Å². The summed E-state index contributed by atoms with van der Waals surface area (Å²) in [5, 5.41) is 44.6. The molecule has 3 fully saturated rings. The van der Waals surface area contributed by atoms with E-state index >= 15 is 0 Å². The van der Waals surface area contributed by atoms with Crippen LogP contribution in [0, 0.1) is 0 Å². The fraction of sp³-hybridized carbons (Fsp3) is 0.463. The minimum atomic E-state index is -4.12. The third-order valence-electron chi connectivity index (χ3n) is 18.4. The Morgan fingerprint density at radius 3 is 1.07 bits per heavy atom. The van der Waals surface area contributed by atoms with Crippen LogP contribution in [0.3, 0.4) is 0 Å². The largest absolute Gasteiger partial charge is 0.849 e. The van der Waals surface area contributed by atoms with Crippen LogP contribution in [-0.2, 0) is 46.4 Å². The minimum absolute atomic E-state index is 0.0721. The first-order valence-electron chi connectivity index (χ1n) is 36.3. The third kappa shape index (κ3) is 24.2. The van der Waals surface area contributed by atoms with Gasteiger partial charge in [-0.15, -0.1) is 0 Å². The van der Waals surface area contributed by atoms with E-state index in [1.165, 1.54) is 0 Å². The van der Waals surface area contributed by atoms with E-state index in [1.54, 1.807) is 47.1 Å². The number of methoxy groups -OCH3 is 4. The number of hydrogen-bond donors (Lipinski definition) is 14. The van der Waals surface area contributed by atoms with Gasteiger partial charge >= 0.3 is 0 Å². The van der Waals surface area contributed by atoms with Gasteiger partial charge in [-0.2, -0.15) is 60.2 Å². The second-order valence-corrected chi connectivity index (χ2v) is 32.9. The molecule has 0 aliphatic carbocycles. The van der Waals surface area contributed by atoms with Gasteiger partial charge in [0.2, 0.25) is 53.5 Å². The van der Waals surface area contributed by atoms with Crippen molar-refractivity contribution in [2.75, 3.05) is 138 Å². The molecule has 0 saturated carbocycles. The van der Waals surface area contributed by atoms with E-state index in [9.17, 15) is 39.0 Å². The number of aliphatic hydroxyl groups is 2. The van der Waals surface area contributed by atoms with Crippen LogP contribution < -0.4 is 94.8 Å². The lowest BCUT2D eigenvalue weighted by atomic mass is 10.2. The SMILES string of the molecule is COC1C[C@H](n2cc(C=NNc3nc(NN)nc(NCCC[Si]([O-])([O-])OC)n3)c3ccccc32)O[C@@H]1CO.COC[C@H]1O[C@@H](n2cc(C=NNc3nc(NN)nc(NCCC[Si]([O-])([O-])OC)n3)c3ccccc32)CC1O.COC[C@H]1O[C@@H](n2cc(C=NNc3nc(NN)nc(NCCC[Si]([O-])([O-])OC)n3)c3ccccc32)CC1OC. The summed E-state index contributed by atoms with van der Waals surface area (Å²) in [5.41, 5.74) is 20.8. The van der Waals surface area contributed by atoms with Gasteiger partial charge in [0.15, 0.2) is 0 Å². The molecule has 3 unspecified atom stereocenters. The van der Waals surface area contributed by atoms with Crippen LogP contribution in [-0.4, -0.2) is 240 Å². The summed E-state index contributed by atoms with van der Waals surface area (Å²) in [6.07, 6.45) is 10.7. The van der Waals surface area contributed by atoms with Gasteiger partial charge in [0.25, 0.3) is 0 Å². The highest BCUT2D eigenvalue weighted by Crippen LogP contribution is 2.38. The first-order valence-corrected chi connectivity index (χ1v) is 42.1. The van der Waals surface area contributed by atoms with Gasteiger partial charge in [-0.1, -0.05) is 72.7 Å². The molecule has 0 amide bonds. The molecule has 0 spiro atoms. The molecule has 0 radical (unpaired) electrons. The van der Waals surface area contributed by atoms with Crippen LogP contribution in [0.5, 0.6) is 0 Å². The molecule has 3 aliphatic rings. The molecule has 624 valence electrons. The van der Waals surface area contributed by atoms with E-state index in [2.05, 4.69) is 127 Å². The number of nitrogens with two attached hydrogens (primary N) is 3. The first-order chi connectivity index (χ1) is 55.6. The fourth-order valence-corrected chi connectivity index (χ4v) is 15.1. The third-order valence-corrected chi connectivity index (χ3v) is 23.2. The fourth-order valence-electron chi connectivity index (χ4n) is 12.6. The van der Waals surface area contributed by atoms with Crippen LogP contribution in [0.25, 0.3) is 32.7 Å². The molecular weight excluding hydrogens is 1560 g/mol. The van der Waals surface area contributed by atoms with Crippen LogP contribution >= 0.6 is 0 Å². The van der Waals surface area contributed by atoms with Crippen molar-refractivity contribution in [2.24, 2.45) is 32.8 Å². The molecule has 115 heavy (non-hydrogen) atoms. The number of nitrogens with one attached hydrogen (secondary N) is 9. The van der Waals surface area contributed by atoms with Gasteiger partial charge in [0.05, 0.1) is 73.3 Å². The lowest BCUT2D eigenvalue weighted by Gasteiger charge is -2.44. The Kier molecular flexibility index (Phi) is 32.2. The number of ether oxygens (including phenoxy) is 7. The molecule has 12 rings (SSSR count). The Balaban J connectivity index is 0.000000182. The molecule has 17 N–H and O–H groups in total. The number of hydrogen-bond acceptors (Lipinski definition) is 42. The normalized spacial score (nSPS) is 19.8. The standard InChI is InChI=1S/C23H33N9O6Si.2C22H31N9O6Si/c1-35-14-19-18(36-2)11-20(38-19)32-13-15(16-7-4-5-8-17(16)32)12-26-31-23-28-21(27-22(29-23)30-24)25-9-6-10-39(33,34)37-3;1-35-13-18-17(32)10-19(37-18)31-12-14(15-6-3-4-7-16(15)31)11-25-30-22-27-20(26-21(28-22)29-23)24-8-5-9-38(33,34)36-2;1-35-17-10-19(37-18(17)13-32)31-12-14(15-6-3-4-7-16(15)31)11-25-30-22-27-20(26-21(28-22)29-23)24-8-5-9-38(33,34)36-2/h4-5,7-8,12-13,18-20H,6,9-11,14,24H2,1-3H3,(H3,25,27,28,29,30,31);2*3-4,6-7,11-12,17-19,32H,5,8-10,13,23H2,1-2H3,(H3,24,26,27,28,29,30)/q3*-2/t18?,19-,20-;2*17?,18-,19-/m111/s1. The van der Waals surface area contributed by atoms with Gasteiger partial charge in [0.1, 0.15) is 37.0 Å². The number of fused-ring (bicyclic) bond motifs is 3. The molecule has 3 saturated heterocycles. The van der Waals surface area contributed by atoms with Crippen molar-refractivity contribution < 1.29 is 85.4 Å². The van der Waals surface area contributed by atoms with Crippen molar-refractivity contribution in [3.8, 4) is 0 Å². The number of hydrazine groups is 3. The maximum Gasteiger partial charge on any atom is 0.250 e. The molecule has 9 aromatic rings. The highest BCUT2D eigenvalue weighted by Gasteiger charge is 2.39. The summed E-state index contributed by atoms with van der Waals surface area (Å²) in [7, 11) is -2.40. The number of para-hydroxylation sites is 3. The average Bonchev–Trinajstić information content (AvgIpc) is 1.63. The zero-order valence-corrected chi connectivity index (χ0v) is 67.1. The number of aromatic nitrogens is 12. The predicted octanol–water partition coefficient (Wildman–Crippen LogP) is -2.46.